The van der Waals surface area contributed by atoms with Crippen molar-refractivity contribution in [3.05, 3.63) is 47.9 Å². The van der Waals surface area contributed by atoms with Gasteiger partial charge >= 0.3 is 6.18 Å². The fourth-order valence-electron chi connectivity index (χ4n) is 2.84. The lowest BCUT2D eigenvalue weighted by Gasteiger charge is -2.12. The average molecular weight is 393 g/mol. The van der Waals surface area contributed by atoms with Crippen molar-refractivity contribution in [2.24, 2.45) is 0 Å². The van der Waals surface area contributed by atoms with E-state index in [0.717, 1.165) is 34.4 Å². The molecule has 0 N–H and O–H groups in total. The number of nitrogens with zero attached hydrogens (tertiary/aromatic N) is 3. The van der Waals surface area contributed by atoms with Gasteiger partial charge in [0.2, 0.25) is 0 Å². The number of halogens is 3. The van der Waals surface area contributed by atoms with Crippen LogP contribution in [0.2, 0.25) is 19.1 Å². The van der Waals surface area contributed by atoms with Gasteiger partial charge in [-0.05, 0) is 42.8 Å². The van der Waals surface area contributed by atoms with E-state index in [1.54, 1.807) is 6.20 Å². The van der Waals surface area contributed by atoms with Crippen LogP contribution in [0, 0.1) is 6.92 Å². The molecule has 0 saturated heterocycles. The molecule has 8 heteroatoms. The number of pyridine rings is 2. The molecule has 3 aromatic rings. The first-order chi connectivity index (χ1) is 12.8. The second kappa shape index (κ2) is 7.81. The molecule has 144 valence electrons. The SMILES string of the molecule is Cc1ccnc2c1cc(-c1ccc(C(F)(F)F)nc1)n2COCC[SiH](C)C. The van der Waals surface area contributed by atoms with Crippen molar-refractivity contribution in [3.63, 3.8) is 0 Å². The number of aryl methyl sites for hydroxylation is 1. The summed E-state index contributed by atoms with van der Waals surface area (Å²) in [7, 11) is -0.699. The Bertz CT molecular complexity index is 920. The van der Waals surface area contributed by atoms with Crippen LogP contribution >= 0.6 is 0 Å². The number of fused-ring (bicyclic) bond motifs is 1. The Balaban J connectivity index is 1.98. The van der Waals surface area contributed by atoms with Gasteiger partial charge in [-0.2, -0.15) is 13.2 Å². The van der Waals surface area contributed by atoms with E-state index in [2.05, 4.69) is 23.1 Å². The molecular weight excluding hydrogens is 371 g/mol. The highest BCUT2D eigenvalue weighted by Gasteiger charge is 2.32. The van der Waals surface area contributed by atoms with Crippen LogP contribution < -0.4 is 0 Å². The third kappa shape index (κ3) is 4.39. The van der Waals surface area contributed by atoms with Crippen LogP contribution in [0.15, 0.2) is 36.7 Å². The summed E-state index contributed by atoms with van der Waals surface area (Å²) < 4.78 is 46.1. The second-order valence-corrected chi connectivity index (χ2v) is 10.3. The van der Waals surface area contributed by atoms with Crippen molar-refractivity contribution in [1.29, 1.82) is 0 Å². The smallest absolute Gasteiger partial charge is 0.361 e. The van der Waals surface area contributed by atoms with Gasteiger partial charge in [0, 0.05) is 38.7 Å². The summed E-state index contributed by atoms with van der Waals surface area (Å²) in [5, 5.41) is 0.953. The first kappa shape index (κ1) is 19.6. The van der Waals surface area contributed by atoms with Gasteiger partial charge in [0.1, 0.15) is 18.1 Å². The Morgan fingerprint density at radius 3 is 2.56 bits per heavy atom. The van der Waals surface area contributed by atoms with E-state index >= 15 is 0 Å². The molecule has 3 rings (SSSR count). The quantitative estimate of drug-likeness (QED) is 0.442. The van der Waals surface area contributed by atoms with E-state index in [0.29, 0.717) is 18.9 Å². The highest BCUT2D eigenvalue weighted by Crippen LogP contribution is 2.31. The molecule has 4 nitrogen and oxygen atoms in total. The van der Waals surface area contributed by atoms with Gasteiger partial charge in [-0.3, -0.25) is 4.98 Å². The van der Waals surface area contributed by atoms with Gasteiger partial charge in [0.05, 0.1) is 5.69 Å². The predicted octanol–water partition coefficient (Wildman–Crippen LogP) is 4.89. The Morgan fingerprint density at radius 1 is 1.15 bits per heavy atom. The van der Waals surface area contributed by atoms with Gasteiger partial charge in [0.15, 0.2) is 0 Å². The van der Waals surface area contributed by atoms with Crippen molar-refractivity contribution in [2.75, 3.05) is 6.61 Å². The molecule has 0 saturated carbocycles. The minimum absolute atomic E-state index is 0.303. The van der Waals surface area contributed by atoms with Crippen LogP contribution in [0.25, 0.3) is 22.3 Å². The largest absolute Gasteiger partial charge is 0.433 e. The lowest BCUT2D eigenvalue weighted by molar-refractivity contribution is -0.141. The highest BCUT2D eigenvalue weighted by atomic mass is 28.3. The summed E-state index contributed by atoms with van der Waals surface area (Å²) in [5.41, 5.74) is 2.25. The molecule has 27 heavy (non-hydrogen) atoms. The molecule has 0 unspecified atom stereocenters. The van der Waals surface area contributed by atoms with Crippen LogP contribution in [-0.2, 0) is 17.6 Å². The lowest BCUT2D eigenvalue weighted by Crippen LogP contribution is -2.10. The summed E-state index contributed by atoms with van der Waals surface area (Å²) in [6.07, 6.45) is -1.47. The predicted molar refractivity (Wildman–Crippen MR) is 102 cm³/mol. The Kier molecular flexibility index (Phi) is 5.66. The molecule has 0 atom stereocenters. The van der Waals surface area contributed by atoms with Crippen molar-refractivity contribution in [1.82, 2.24) is 14.5 Å². The van der Waals surface area contributed by atoms with Crippen LogP contribution in [-0.4, -0.2) is 29.9 Å². The molecule has 0 aliphatic carbocycles. The fourth-order valence-corrected chi connectivity index (χ4v) is 3.47. The van der Waals surface area contributed by atoms with Crippen LogP contribution in [0.4, 0.5) is 13.2 Å². The molecule has 0 fully saturated rings. The van der Waals surface area contributed by atoms with Crippen molar-refractivity contribution in [3.8, 4) is 11.3 Å². The molecule has 3 aromatic heterocycles. The summed E-state index contributed by atoms with van der Waals surface area (Å²) >= 11 is 0. The summed E-state index contributed by atoms with van der Waals surface area (Å²) in [5.74, 6) is 0. The van der Waals surface area contributed by atoms with Crippen molar-refractivity contribution in [2.45, 2.75) is 39.0 Å². The molecule has 0 spiro atoms. The summed E-state index contributed by atoms with van der Waals surface area (Å²) in [6, 6.07) is 7.36. The minimum atomic E-state index is -4.45. The van der Waals surface area contributed by atoms with E-state index in [-0.39, 0.29) is 0 Å². The molecule has 0 aromatic carbocycles. The minimum Gasteiger partial charge on any atom is -0.361 e. The molecule has 0 aliphatic heterocycles. The van der Waals surface area contributed by atoms with E-state index in [4.69, 9.17) is 4.74 Å². The van der Waals surface area contributed by atoms with Gasteiger partial charge in [-0.1, -0.05) is 13.1 Å². The zero-order valence-corrected chi connectivity index (χ0v) is 16.7. The van der Waals surface area contributed by atoms with Gasteiger partial charge in [-0.15, -0.1) is 0 Å². The number of hydrogen-bond acceptors (Lipinski definition) is 3. The normalized spacial score (nSPS) is 12.3. The zero-order valence-electron chi connectivity index (χ0n) is 15.5. The number of hydrogen-bond donors (Lipinski definition) is 0. The third-order valence-corrected chi connectivity index (χ3v) is 5.81. The molecule has 0 bridgehead atoms. The molecule has 0 amide bonds. The van der Waals surface area contributed by atoms with Crippen LogP contribution in [0.1, 0.15) is 11.3 Å². The monoisotopic (exact) mass is 393 g/mol. The Hall–Kier alpha value is -2.19. The maximum absolute atomic E-state index is 12.8. The van der Waals surface area contributed by atoms with Gasteiger partial charge < -0.3 is 9.30 Å². The number of alkyl halides is 3. The van der Waals surface area contributed by atoms with Crippen LogP contribution in [0.3, 0.4) is 0 Å². The zero-order chi connectivity index (χ0) is 19.6. The molecule has 3 heterocycles. The van der Waals surface area contributed by atoms with E-state index in [1.165, 1.54) is 12.3 Å². The van der Waals surface area contributed by atoms with Crippen LogP contribution in [0.5, 0.6) is 0 Å². The summed E-state index contributed by atoms with van der Waals surface area (Å²) in [6.45, 7) is 7.48. The maximum Gasteiger partial charge on any atom is 0.433 e. The first-order valence-electron chi connectivity index (χ1n) is 8.83. The highest BCUT2D eigenvalue weighted by molar-refractivity contribution is 6.55. The Labute approximate surface area is 157 Å². The third-order valence-electron chi connectivity index (χ3n) is 4.42. The lowest BCUT2D eigenvalue weighted by atomic mass is 10.1. The molecule has 0 radical (unpaired) electrons. The number of aromatic nitrogens is 3. The first-order valence-corrected chi connectivity index (χ1v) is 12.0. The summed E-state index contributed by atoms with van der Waals surface area (Å²) in [4.78, 5) is 8.04. The van der Waals surface area contributed by atoms with Gasteiger partial charge in [0.25, 0.3) is 0 Å². The molecule has 0 aliphatic rings. The maximum atomic E-state index is 12.8. The van der Waals surface area contributed by atoms with E-state index in [1.807, 2.05) is 23.6 Å². The molecular formula is C19H22F3N3OSi. The van der Waals surface area contributed by atoms with E-state index in [9.17, 15) is 13.2 Å². The standard InChI is InChI=1S/C19H22F3N3OSi/c1-13-6-7-23-18-15(13)10-16(25(18)12-26-8-9-27(2)3)14-4-5-17(24-11-14)19(20,21)22/h4-7,10-11,27H,8-9,12H2,1-3H3. The average Bonchev–Trinajstić information content (AvgIpc) is 2.98. The number of rotatable bonds is 6. The Morgan fingerprint density at radius 2 is 1.93 bits per heavy atom. The topological polar surface area (TPSA) is 39.9 Å². The van der Waals surface area contributed by atoms with E-state index < -0.39 is 20.7 Å². The van der Waals surface area contributed by atoms with Crippen molar-refractivity contribution < 1.29 is 17.9 Å². The second-order valence-electron chi connectivity index (χ2n) is 6.97. The number of ether oxygens (including phenoxy) is 1. The van der Waals surface area contributed by atoms with Gasteiger partial charge in [-0.25, -0.2) is 4.98 Å². The fraction of sp³-hybridized carbons (Fsp3) is 0.368. The van der Waals surface area contributed by atoms with Crippen molar-refractivity contribution >= 4 is 19.8 Å².